The van der Waals surface area contributed by atoms with Crippen molar-refractivity contribution in [2.24, 2.45) is 0 Å². The Morgan fingerprint density at radius 3 is 2.58 bits per heavy atom. The van der Waals surface area contributed by atoms with Crippen LogP contribution >= 0.6 is 0 Å². The zero-order valence-corrected chi connectivity index (χ0v) is 14.7. The van der Waals surface area contributed by atoms with E-state index in [1.807, 2.05) is 32.6 Å². The van der Waals surface area contributed by atoms with Gasteiger partial charge in [-0.25, -0.2) is 14.7 Å². The molecule has 2 aliphatic heterocycles. The molecule has 7 heteroatoms. The summed E-state index contributed by atoms with van der Waals surface area (Å²) in [5.41, 5.74) is -0.184. The van der Waals surface area contributed by atoms with Crippen LogP contribution in [0.4, 0.5) is 5.69 Å². The molecule has 0 radical (unpaired) electrons. The topological polar surface area (TPSA) is 64.1 Å². The maximum Gasteiger partial charge on any atom is 0.222 e. The molecule has 0 unspecified atom stereocenters. The van der Waals surface area contributed by atoms with Gasteiger partial charge in [0.2, 0.25) is 11.8 Å². The predicted octanol–water partition coefficient (Wildman–Crippen LogP) is 2.32. The zero-order valence-electron chi connectivity index (χ0n) is 14.7. The highest BCUT2D eigenvalue weighted by Crippen LogP contribution is 2.40. The van der Waals surface area contributed by atoms with Crippen LogP contribution in [0.3, 0.4) is 0 Å². The minimum absolute atomic E-state index is 0.198. The van der Waals surface area contributed by atoms with Gasteiger partial charge in [-0.1, -0.05) is 0 Å². The Kier molecular flexibility index (Phi) is 4.40. The lowest BCUT2D eigenvalue weighted by Crippen LogP contribution is -2.41. The smallest absolute Gasteiger partial charge is 0.222 e. The van der Waals surface area contributed by atoms with E-state index >= 15 is 0 Å². The van der Waals surface area contributed by atoms with Gasteiger partial charge in [-0.2, -0.15) is 0 Å². The minimum atomic E-state index is -0.451. The molecule has 2 saturated heterocycles. The van der Waals surface area contributed by atoms with Crippen LogP contribution in [0.5, 0.6) is 5.88 Å². The van der Waals surface area contributed by atoms with E-state index in [1.54, 1.807) is 18.3 Å². The van der Waals surface area contributed by atoms with Gasteiger partial charge in [0.25, 0.3) is 0 Å². The van der Waals surface area contributed by atoms with Crippen molar-refractivity contribution < 1.29 is 19.2 Å². The van der Waals surface area contributed by atoms with Crippen molar-refractivity contribution in [3.05, 3.63) is 18.3 Å². The van der Waals surface area contributed by atoms with Crippen molar-refractivity contribution in [3.63, 3.8) is 0 Å². The largest absolute Gasteiger partial charge is 0.476 e. The summed E-state index contributed by atoms with van der Waals surface area (Å²) >= 11 is 0. The maximum atomic E-state index is 11.6. The average Bonchev–Trinajstić information content (AvgIpc) is 3.00. The number of likely N-dealkylation sites (tertiary alicyclic amines) is 1. The number of carbonyl (C=O) groups excluding carboxylic acids is 1. The zero-order chi connectivity index (χ0) is 17.4. The Labute approximate surface area is 142 Å². The summed E-state index contributed by atoms with van der Waals surface area (Å²) in [6.07, 6.45) is 3.22. The highest BCUT2D eigenvalue weighted by atomic mass is 17.0. The van der Waals surface area contributed by atoms with Crippen molar-refractivity contribution in [3.8, 4) is 5.88 Å². The number of ether oxygens (including phenoxy) is 1. The first-order chi connectivity index (χ1) is 11.3. The van der Waals surface area contributed by atoms with Gasteiger partial charge in [0.05, 0.1) is 6.54 Å². The van der Waals surface area contributed by atoms with E-state index < -0.39 is 11.2 Å². The molecular weight excluding hydrogens is 310 g/mol. The molecule has 0 saturated carbocycles. The number of aromatic nitrogens is 1. The summed E-state index contributed by atoms with van der Waals surface area (Å²) in [4.78, 5) is 29.4. The molecule has 1 aromatic heterocycles. The predicted molar refractivity (Wildman–Crippen MR) is 88.4 cm³/mol. The van der Waals surface area contributed by atoms with Crippen LogP contribution in [0.2, 0.25) is 0 Å². The Bertz CT molecular complexity index is 602. The third-order valence-electron chi connectivity index (χ3n) is 4.78. The Balaban J connectivity index is 1.59. The van der Waals surface area contributed by atoms with Crippen LogP contribution in [0.15, 0.2) is 18.3 Å². The lowest BCUT2D eigenvalue weighted by atomic mass is 9.90. The molecular formula is C17H25N3O4. The molecule has 3 heterocycles. The molecule has 1 aromatic rings. The lowest BCUT2D eigenvalue weighted by molar-refractivity contribution is -0.128. The van der Waals surface area contributed by atoms with Crippen LogP contribution in [0.1, 0.15) is 40.5 Å². The maximum absolute atomic E-state index is 11.6. The molecule has 132 valence electrons. The van der Waals surface area contributed by atoms with Gasteiger partial charge in [-0.3, -0.25) is 4.79 Å². The third-order valence-corrected chi connectivity index (χ3v) is 4.78. The minimum Gasteiger partial charge on any atom is -0.476 e. The molecule has 0 aliphatic carbocycles. The molecule has 2 aliphatic rings. The first-order valence-electron chi connectivity index (χ1n) is 8.33. The van der Waals surface area contributed by atoms with E-state index in [2.05, 4.69) is 4.98 Å². The van der Waals surface area contributed by atoms with Crippen LogP contribution in [0, 0.1) is 0 Å². The molecule has 3 rings (SSSR count). The summed E-state index contributed by atoms with van der Waals surface area (Å²) in [5, 5.41) is 1.42. The van der Waals surface area contributed by atoms with Gasteiger partial charge in [0.15, 0.2) is 0 Å². The summed E-state index contributed by atoms with van der Waals surface area (Å²) < 4.78 is 5.68. The fourth-order valence-corrected chi connectivity index (χ4v) is 2.55. The first kappa shape index (κ1) is 17.0. The van der Waals surface area contributed by atoms with E-state index in [9.17, 15) is 4.79 Å². The Morgan fingerprint density at radius 2 is 1.96 bits per heavy atom. The monoisotopic (exact) mass is 335 g/mol. The number of anilines is 1. The molecule has 24 heavy (non-hydrogen) atoms. The number of hydrogen-bond acceptors (Lipinski definition) is 6. The van der Waals surface area contributed by atoms with Crippen molar-refractivity contribution in [2.45, 2.75) is 51.7 Å². The van der Waals surface area contributed by atoms with Crippen molar-refractivity contribution in [1.29, 1.82) is 0 Å². The number of amides is 1. The average molecular weight is 335 g/mol. The van der Waals surface area contributed by atoms with Crippen LogP contribution in [-0.4, -0.2) is 46.7 Å². The second kappa shape index (κ2) is 6.22. The van der Waals surface area contributed by atoms with Gasteiger partial charge in [-0.15, -0.1) is 5.23 Å². The van der Waals surface area contributed by atoms with Crippen LogP contribution < -0.4 is 9.96 Å². The number of pyridine rings is 1. The molecule has 0 atom stereocenters. The van der Waals surface area contributed by atoms with Crippen LogP contribution in [0.25, 0.3) is 0 Å². The van der Waals surface area contributed by atoms with Crippen molar-refractivity contribution in [2.75, 3.05) is 24.9 Å². The highest BCUT2D eigenvalue weighted by Gasteiger charge is 2.50. The third kappa shape index (κ3) is 3.32. The van der Waals surface area contributed by atoms with E-state index in [1.165, 1.54) is 5.23 Å². The summed E-state index contributed by atoms with van der Waals surface area (Å²) in [5.74, 6) is 0.678. The molecule has 2 fully saturated rings. The van der Waals surface area contributed by atoms with Crippen molar-refractivity contribution in [1.82, 2.24) is 9.88 Å². The Hall–Kier alpha value is -1.86. The molecule has 0 aromatic carbocycles. The van der Waals surface area contributed by atoms with Gasteiger partial charge in [-0.05, 0) is 40.2 Å². The van der Waals surface area contributed by atoms with Gasteiger partial charge in [0.1, 0.15) is 23.5 Å². The summed E-state index contributed by atoms with van der Waals surface area (Å²) in [6.45, 7) is 9.76. The second-order valence-corrected chi connectivity index (χ2v) is 7.15. The SMILES string of the molecule is CC1(C)ON(c2ccnc(OCCN3CCCC3=O)c2)OC1(C)C. The summed E-state index contributed by atoms with van der Waals surface area (Å²) in [7, 11) is 0. The van der Waals surface area contributed by atoms with E-state index in [4.69, 9.17) is 14.4 Å². The molecule has 7 nitrogen and oxygen atoms in total. The lowest BCUT2D eigenvalue weighted by Gasteiger charge is -2.26. The second-order valence-electron chi connectivity index (χ2n) is 7.15. The standard InChI is InChI=1S/C17H25N3O4/c1-16(2)17(3,4)24-20(23-16)13-7-8-18-14(12-13)22-11-10-19-9-5-6-15(19)21/h7-8,12H,5-6,9-11H2,1-4H3. The Morgan fingerprint density at radius 1 is 1.25 bits per heavy atom. The van der Waals surface area contributed by atoms with Gasteiger partial charge < -0.3 is 9.64 Å². The molecule has 0 spiro atoms. The molecule has 1 amide bonds. The molecule has 0 N–H and O–H groups in total. The summed E-state index contributed by atoms with van der Waals surface area (Å²) in [6, 6.07) is 3.57. The first-order valence-corrected chi connectivity index (χ1v) is 8.33. The number of carbonyl (C=O) groups is 1. The normalized spacial score (nSPS) is 22.2. The van der Waals surface area contributed by atoms with E-state index in [-0.39, 0.29) is 5.91 Å². The number of rotatable bonds is 5. The fraction of sp³-hybridized carbons (Fsp3) is 0.647. The molecule has 0 bridgehead atoms. The van der Waals surface area contributed by atoms with Gasteiger partial charge in [0, 0.05) is 25.2 Å². The number of nitrogens with zero attached hydrogens (tertiary/aromatic N) is 3. The number of hydrogen-bond donors (Lipinski definition) is 0. The van der Waals surface area contributed by atoms with Gasteiger partial charge >= 0.3 is 0 Å². The highest BCUT2D eigenvalue weighted by molar-refractivity contribution is 5.78. The fourth-order valence-electron chi connectivity index (χ4n) is 2.55. The van der Waals surface area contributed by atoms with Crippen molar-refractivity contribution >= 4 is 11.6 Å². The van der Waals surface area contributed by atoms with Crippen LogP contribution in [-0.2, 0) is 14.5 Å². The quantitative estimate of drug-likeness (QED) is 0.823. The van der Waals surface area contributed by atoms with E-state index in [0.717, 1.165) is 18.7 Å². The van der Waals surface area contributed by atoms with E-state index in [0.29, 0.717) is 25.5 Å².